The van der Waals surface area contributed by atoms with Crippen molar-refractivity contribution < 1.29 is 17.9 Å². The number of cyclic esters (lactones) is 1. The van der Waals surface area contributed by atoms with Gasteiger partial charge in [-0.05, 0) is 30.0 Å². The second kappa shape index (κ2) is 7.09. The first-order valence-corrected chi connectivity index (χ1v) is 11.1. The van der Waals surface area contributed by atoms with Gasteiger partial charge in [-0.1, -0.05) is 49.4 Å². The summed E-state index contributed by atoms with van der Waals surface area (Å²) < 4.78 is 29.8. The van der Waals surface area contributed by atoms with Crippen molar-refractivity contribution in [2.24, 2.45) is 0 Å². The van der Waals surface area contributed by atoms with E-state index in [1.807, 2.05) is 23.1 Å². The molecule has 0 aliphatic carbocycles. The van der Waals surface area contributed by atoms with Gasteiger partial charge in [0, 0.05) is 18.2 Å². The zero-order valence-corrected chi connectivity index (χ0v) is 16.1. The van der Waals surface area contributed by atoms with Crippen molar-refractivity contribution in [3.8, 4) is 0 Å². The molecule has 2 aliphatic heterocycles. The van der Waals surface area contributed by atoms with Gasteiger partial charge in [0.2, 0.25) is 0 Å². The minimum Gasteiger partial charge on any atom is -0.438 e. The minimum absolute atomic E-state index is 0.107. The van der Waals surface area contributed by atoms with Crippen LogP contribution in [0.15, 0.2) is 48.5 Å². The van der Waals surface area contributed by atoms with Gasteiger partial charge in [0.15, 0.2) is 16.1 Å². The number of ether oxygens (including phenoxy) is 1. The number of esters is 1. The molecule has 2 atom stereocenters. The minimum atomic E-state index is -3.05. The number of nitrogens with zero attached hydrogens (tertiary/aromatic N) is 1. The van der Waals surface area contributed by atoms with Crippen molar-refractivity contribution in [1.29, 1.82) is 0 Å². The van der Waals surface area contributed by atoms with Crippen molar-refractivity contribution in [2.45, 2.75) is 38.6 Å². The second-order valence-electron chi connectivity index (χ2n) is 7.24. The summed E-state index contributed by atoms with van der Waals surface area (Å²) >= 11 is 0. The van der Waals surface area contributed by atoms with Crippen molar-refractivity contribution in [2.75, 3.05) is 11.5 Å². The first-order chi connectivity index (χ1) is 13.0. The number of hydrogen-bond acceptors (Lipinski definition) is 5. The molecule has 1 fully saturated rings. The predicted octanol–water partition coefficient (Wildman–Crippen LogP) is 3.11. The van der Waals surface area contributed by atoms with Crippen molar-refractivity contribution >= 4 is 15.8 Å². The standard InChI is InChI=1S/C21H23NO4S/c1-2-15-7-9-16(10-8-15)13-22(17-11-12-27(24,25)14-17)20-18-5-3-4-6-19(18)21(23)26-20/h3-10,17,20H,2,11-14H2,1H3. The van der Waals surface area contributed by atoms with Crippen LogP contribution in [-0.2, 0) is 27.5 Å². The molecule has 27 heavy (non-hydrogen) atoms. The number of sulfone groups is 1. The van der Waals surface area contributed by atoms with E-state index in [1.54, 1.807) is 6.07 Å². The number of carbonyl (C=O) groups is 1. The fraction of sp³-hybridized carbons (Fsp3) is 0.381. The number of fused-ring (bicyclic) bond motifs is 1. The Morgan fingerprint density at radius 3 is 2.44 bits per heavy atom. The SMILES string of the molecule is CCc1ccc(CN(C2CCS(=O)(=O)C2)C2OC(=O)c3ccccc32)cc1. The Kier molecular flexibility index (Phi) is 4.78. The van der Waals surface area contributed by atoms with Gasteiger partial charge >= 0.3 is 5.97 Å². The van der Waals surface area contributed by atoms with E-state index < -0.39 is 16.1 Å². The molecule has 0 spiro atoms. The summed E-state index contributed by atoms with van der Waals surface area (Å²) in [5, 5.41) is 0. The predicted molar refractivity (Wildman–Crippen MR) is 103 cm³/mol. The maximum Gasteiger partial charge on any atom is 0.340 e. The zero-order valence-electron chi connectivity index (χ0n) is 15.3. The molecule has 4 rings (SSSR count). The Morgan fingerprint density at radius 1 is 1.07 bits per heavy atom. The normalized spacial score (nSPS) is 23.4. The van der Waals surface area contributed by atoms with Crippen molar-refractivity contribution in [3.05, 3.63) is 70.8 Å². The highest BCUT2D eigenvalue weighted by atomic mass is 32.2. The Morgan fingerprint density at radius 2 is 1.78 bits per heavy atom. The van der Waals surface area contributed by atoms with Crippen LogP contribution in [0.3, 0.4) is 0 Å². The highest BCUT2D eigenvalue weighted by Crippen LogP contribution is 2.37. The Labute approximate surface area is 159 Å². The Balaban J connectivity index is 1.67. The van der Waals surface area contributed by atoms with Crippen LogP contribution >= 0.6 is 0 Å². The number of carbonyl (C=O) groups excluding carboxylic acids is 1. The van der Waals surface area contributed by atoms with Crippen LogP contribution in [0.2, 0.25) is 0 Å². The van der Waals surface area contributed by atoms with E-state index >= 15 is 0 Å². The molecule has 0 aromatic heterocycles. The van der Waals surface area contributed by atoms with Crippen molar-refractivity contribution in [1.82, 2.24) is 4.90 Å². The van der Waals surface area contributed by atoms with Crippen LogP contribution in [0, 0.1) is 0 Å². The highest BCUT2D eigenvalue weighted by molar-refractivity contribution is 7.91. The maximum absolute atomic E-state index is 12.3. The van der Waals surface area contributed by atoms with E-state index in [9.17, 15) is 13.2 Å². The summed E-state index contributed by atoms with van der Waals surface area (Å²) in [6, 6.07) is 15.5. The highest BCUT2D eigenvalue weighted by Gasteiger charge is 2.41. The lowest BCUT2D eigenvalue weighted by Gasteiger charge is -2.33. The molecule has 1 saturated heterocycles. The average molecular weight is 385 g/mol. The summed E-state index contributed by atoms with van der Waals surface area (Å²) in [5.74, 6) is -0.0515. The van der Waals surface area contributed by atoms with Crippen LogP contribution < -0.4 is 0 Å². The van der Waals surface area contributed by atoms with Crippen LogP contribution in [-0.4, -0.2) is 36.8 Å². The second-order valence-corrected chi connectivity index (χ2v) is 9.47. The third-order valence-corrected chi connectivity index (χ3v) is 7.19. The van der Waals surface area contributed by atoms with Gasteiger partial charge in [0.25, 0.3) is 0 Å². The summed E-state index contributed by atoms with van der Waals surface area (Å²) in [4.78, 5) is 14.3. The van der Waals surface area contributed by atoms with Crippen molar-refractivity contribution in [3.63, 3.8) is 0 Å². The molecule has 2 aliphatic rings. The molecular weight excluding hydrogens is 362 g/mol. The van der Waals surface area contributed by atoms with E-state index in [-0.39, 0.29) is 23.5 Å². The summed E-state index contributed by atoms with van der Waals surface area (Å²) in [6.45, 7) is 2.65. The van der Waals surface area contributed by atoms with E-state index in [0.717, 1.165) is 17.5 Å². The molecule has 0 saturated carbocycles. The maximum atomic E-state index is 12.3. The molecule has 6 heteroatoms. The zero-order chi connectivity index (χ0) is 19.0. The summed E-state index contributed by atoms with van der Waals surface area (Å²) in [5.41, 5.74) is 3.72. The molecule has 5 nitrogen and oxygen atoms in total. The molecule has 2 aromatic rings. The molecule has 0 bridgehead atoms. The van der Waals surface area contributed by atoms with Crippen LogP contribution in [0.4, 0.5) is 0 Å². The average Bonchev–Trinajstić information content (AvgIpc) is 3.20. The Bertz CT molecular complexity index is 952. The number of hydrogen-bond donors (Lipinski definition) is 0. The lowest BCUT2D eigenvalue weighted by Crippen LogP contribution is -2.39. The molecule has 0 amide bonds. The number of aryl methyl sites for hydroxylation is 1. The lowest BCUT2D eigenvalue weighted by atomic mass is 10.0. The smallest absolute Gasteiger partial charge is 0.340 e. The first kappa shape index (κ1) is 18.2. The largest absolute Gasteiger partial charge is 0.438 e. The molecule has 2 aromatic carbocycles. The van der Waals surface area contributed by atoms with E-state index in [2.05, 4.69) is 31.2 Å². The summed E-state index contributed by atoms with van der Waals surface area (Å²) in [6.07, 6.45) is 0.988. The molecule has 0 N–H and O–H groups in total. The molecule has 2 unspecified atom stereocenters. The fourth-order valence-corrected chi connectivity index (χ4v) is 5.65. The Hall–Kier alpha value is -2.18. The van der Waals surface area contributed by atoms with Gasteiger partial charge in [0.1, 0.15) is 0 Å². The topological polar surface area (TPSA) is 63.7 Å². The first-order valence-electron chi connectivity index (χ1n) is 9.31. The fourth-order valence-electron chi connectivity index (χ4n) is 3.90. The molecular formula is C21H23NO4S. The van der Waals surface area contributed by atoms with Gasteiger partial charge in [-0.15, -0.1) is 0 Å². The summed E-state index contributed by atoms with van der Waals surface area (Å²) in [7, 11) is -3.05. The lowest BCUT2D eigenvalue weighted by molar-refractivity contribution is -0.0424. The van der Waals surface area contributed by atoms with Crippen LogP contribution in [0.5, 0.6) is 0 Å². The van der Waals surface area contributed by atoms with Gasteiger partial charge < -0.3 is 4.74 Å². The van der Waals surface area contributed by atoms with E-state index in [1.165, 1.54) is 5.56 Å². The van der Waals surface area contributed by atoms with E-state index in [0.29, 0.717) is 18.5 Å². The monoisotopic (exact) mass is 385 g/mol. The van der Waals surface area contributed by atoms with Gasteiger partial charge in [0.05, 0.1) is 17.1 Å². The quantitative estimate of drug-likeness (QED) is 0.740. The third kappa shape index (κ3) is 3.64. The van der Waals surface area contributed by atoms with Gasteiger partial charge in [-0.2, -0.15) is 0 Å². The van der Waals surface area contributed by atoms with Gasteiger partial charge in [-0.25, -0.2) is 13.2 Å². The van der Waals surface area contributed by atoms with Crippen LogP contribution in [0.25, 0.3) is 0 Å². The molecule has 142 valence electrons. The van der Waals surface area contributed by atoms with E-state index in [4.69, 9.17) is 4.74 Å². The third-order valence-electron chi connectivity index (χ3n) is 5.44. The number of benzene rings is 2. The van der Waals surface area contributed by atoms with Gasteiger partial charge in [-0.3, -0.25) is 4.90 Å². The van der Waals surface area contributed by atoms with Crippen LogP contribution in [0.1, 0.15) is 46.6 Å². The molecule has 0 radical (unpaired) electrons. The number of rotatable bonds is 5. The molecule has 2 heterocycles.